The van der Waals surface area contributed by atoms with Crippen molar-refractivity contribution in [1.82, 2.24) is 0 Å². The quantitative estimate of drug-likeness (QED) is 0.794. The average Bonchev–Trinajstić information content (AvgIpc) is 2.29. The van der Waals surface area contributed by atoms with E-state index in [9.17, 15) is 0 Å². The lowest BCUT2D eigenvalue weighted by molar-refractivity contribution is 0.648. The molecule has 1 unspecified atom stereocenters. The summed E-state index contributed by atoms with van der Waals surface area (Å²) in [6, 6.07) is 5.86. The molecule has 0 spiro atoms. The third kappa shape index (κ3) is 2.68. The van der Waals surface area contributed by atoms with Crippen molar-refractivity contribution in [2.75, 3.05) is 0 Å². The standard InChI is InChI=1S/C13H15BrClN/c14-10-6-7-11(12(15)8-10)13(16)9-4-2-1-3-5-9/h4,6-8,13H,1-3,5,16H2. The van der Waals surface area contributed by atoms with Crippen molar-refractivity contribution in [2.24, 2.45) is 5.73 Å². The molecule has 0 heterocycles. The molecule has 0 aliphatic heterocycles. The van der Waals surface area contributed by atoms with E-state index < -0.39 is 0 Å². The molecule has 3 heteroatoms. The van der Waals surface area contributed by atoms with Gasteiger partial charge < -0.3 is 5.73 Å². The molecule has 0 amide bonds. The minimum atomic E-state index is -0.0408. The van der Waals surface area contributed by atoms with Gasteiger partial charge in [0.15, 0.2) is 0 Å². The Hall–Kier alpha value is -0.310. The van der Waals surface area contributed by atoms with Gasteiger partial charge in [-0.25, -0.2) is 0 Å². The largest absolute Gasteiger partial charge is 0.321 e. The van der Waals surface area contributed by atoms with Gasteiger partial charge in [-0.3, -0.25) is 0 Å². The van der Waals surface area contributed by atoms with Gasteiger partial charge in [-0.2, -0.15) is 0 Å². The number of halogens is 2. The molecular weight excluding hydrogens is 286 g/mol. The van der Waals surface area contributed by atoms with Gasteiger partial charge in [0, 0.05) is 9.50 Å². The van der Waals surface area contributed by atoms with Crippen LogP contribution in [-0.2, 0) is 0 Å². The number of nitrogens with two attached hydrogens (primary N) is 1. The molecule has 0 fully saturated rings. The Labute approximate surface area is 110 Å². The van der Waals surface area contributed by atoms with Crippen molar-refractivity contribution >= 4 is 27.5 Å². The zero-order valence-corrected chi connectivity index (χ0v) is 11.4. The number of hydrogen-bond acceptors (Lipinski definition) is 1. The molecule has 86 valence electrons. The number of rotatable bonds is 2. The third-order valence-corrected chi connectivity index (χ3v) is 3.84. The molecule has 2 N–H and O–H groups in total. The van der Waals surface area contributed by atoms with Crippen LogP contribution in [0, 0.1) is 0 Å². The summed E-state index contributed by atoms with van der Waals surface area (Å²) >= 11 is 9.61. The maximum atomic E-state index is 6.25. The lowest BCUT2D eigenvalue weighted by Crippen LogP contribution is -2.15. The van der Waals surface area contributed by atoms with Gasteiger partial charge in [-0.05, 0) is 43.4 Å². The van der Waals surface area contributed by atoms with Gasteiger partial charge in [0.25, 0.3) is 0 Å². The maximum absolute atomic E-state index is 6.25. The topological polar surface area (TPSA) is 26.0 Å². The van der Waals surface area contributed by atoms with Crippen molar-refractivity contribution < 1.29 is 0 Å². The van der Waals surface area contributed by atoms with Crippen LogP contribution in [0.2, 0.25) is 5.02 Å². The first-order valence-electron chi connectivity index (χ1n) is 5.58. The lowest BCUT2D eigenvalue weighted by atomic mass is 9.90. The molecule has 1 atom stereocenters. The van der Waals surface area contributed by atoms with E-state index in [1.807, 2.05) is 18.2 Å². The highest BCUT2D eigenvalue weighted by molar-refractivity contribution is 9.10. The molecule has 1 aromatic rings. The van der Waals surface area contributed by atoms with E-state index in [4.69, 9.17) is 17.3 Å². The Bertz CT molecular complexity index is 414. The summed E-state index contributed by atoms with van der Waals surface area (Å²) in [5.41, 5.74) is 8.61. The molecule has 1 aliphatic rings. The molecule has 1 aromatic carbocycles. The Morgan fingerprint density at radius 1 is 1.31 bits per heavy atom. The molecule has 1 nitrogen and oxygen atoms in total. The highest BCUT2D eigenvalue weighted by Gasteiger charge is 2.16. The van der Waals surface area contributed by atoms with Gasteiger partial charge >= 0.3 is 0 Å². The van der Waals surface area contributed by atoms with Crippen molar-refractivity contribution in [2.45, 2.75) is 31.7 Å². The summed E-state index contributed by atoms with van der Waals surface area (Å²) < 4.78 is 0.992. The highest BCUT2D eigenvalue weighted by atomic mass is 79.9. The first kappa shape index (κ1) is 12.2. The Morgan fingerprint density at radius 2 is 2.12 bits per heavy atom. The van der Waals surface area contributed by atoms with Crippen molar-refractivity contribution in [3.8, 4) is 0 Å². The van der Waals surface area contributed by atoms with Crippen LogP contribution in [0.3, 0.4) is 0 Å². The van der Waals surface area contributed by atoms with Gasteiger partial charge in [0.2, 0.25) is 0 Å². The highest BCUT2D eigenvalue weighted by Crippen LogP contribution is 2.32. The fourth-order valence-electron chi connectivity index (χ4n) is 2.10. The van der Waals surface area contributed by atoms with Crippen LogP contribution >= 0.6 is 27.5 Å². The van der Waals surface area contributed by atoms with Gasteiger partial charge in [-0.15, -0.1) is 0 Å². The Morgan fingerprint density at radius 3 is 2.75 bits per heavy atom. The van der Waals surface area contributed by atoms with E-state index in [1.165, 1.54) is 18.4 Å². The summed E-state index contributed by atoms with van der Waals surface area (Å²) in [7, 11) is 0. The second kappa shape index (κ2) is 5.35. The second-order valence-corrected chi connectivity index (χ2v) is 5.49. The SMILES string of the molecule is NC(C1=CCCCC1)c1ccc(Br)cc1Cl. The molecule has 0 bridgehead atoms. The lowest BCUT2D eigenvalue weighted by Gasteiger charge is -2.21. The third-order valence-electron chi connectivity index (χ3n) is 3.02. The van der Waals surface area contributed by atoms with Crippen molar-refractivity contribution in [1.29, 1.82) is 0 Å². The van der Waals surface area contributed by atoms with Gasteiger partial charge in [0.05, 0.1) is 6.04 Å². The summed E-state index contributed by atoms with van der Waals surface area (Å²) in [6.07, 6.45) is 7.05. The Kier molecular flexibility index (Phi) is 4.06. The predicted octanol–water partition coefficient (Wildman–Crippen LogP) is 4.60. The maximum Gasteiger partial charge on any atom is 0.0525 e. The molecule has 0 aromatic heterocycles. The van der Waals surface area contributed by atoms with E-state index in [0.29, 0.717) is 0 Å². The predicted molar refractivity (Wildman–Crippen MR) is 72.6 cm³/mol. The molecule has 2 rings (SSSR count). The molecule has 1 aliphatic carbocycles. The van der Waals surface area contributed by atoms with E-state index in [1.54, 1.807) is 0 Å². The number of hydrogen-bond donors (Lipinski definition) is 1. The fraction of sp³-hybridized carbons (Fsp3) is 0.385. The van der Waals surface area contributed by atoms with E-state index >= 15 is 0 Å². The van der Waals surface area contributed by atoms with Crippen LogP contribution in [0.1, 0.15) is 37.3 Å². The number of benzene rings is 1. The fourth-order valence-corrected chi connectivity index (χ4v) is 2.89. The molecule has 0 saturated heterocycles. The summed E-state index contributed by atoms with van der Waals surface area (Å²) in [5, 5.41) is 0.744. The first-order chi connectivity index (χ1) is 7.68. The van der Waals surface area contributed by atoms with Crippen LogP contribution in [0.25, 0.3) is 0 Å². The smallest absolute Gasteiger partial charge is 0.0525 e. The van der Waals surface area contributed by atoms with E-state index in [-0.39, 0.29) is 6.04 Å². The van der Waals surface area contributed by atoms with Crippen molar-refractivity contribution in [3.05, 3.63) is 44.9 Å². The summed E-state index contributed by atoms with van der Waals surface area (Å²) in [4.78, 5) is 0. The molecular formula is C13H15BrClN. The van der Waals surface area contributed by atoms with E-state index in [2.05, 4.69) is 22.0 Å². The molecule has 0 radical (unpaired) electrons. The Balaban J connectivity index is 2.26. The van der Waals surface area contributed by atoms with Crippen molar-refractivity contribution in [3.63, 3.8) is 0 Å². The van der Waals surface area contributed by atoms with Gasteiger partial charge in [-0.1, -0.05) is 45.2 Å². The summed E-state index contributed by atoms with van der Waals surface area (Å²) in [5.74, 6) is 0. The monoisotopic (exact) mass is 299 g/mol. The van der Waals surface area contributed by atoms with Crippen LogP contribution < -0.4 is 5.73 Å². The molecule has 0 saturated carbocycles. The first-order valence-corrected chi connectivity index (χ1v) is 6.75. The zero-order chi connectivity index (χ0) is 11.5. The summed E-state index contributed by atoms with van der Waals surface area (Å²) in [6.45, 7) is 0. The van der Waals surface area contributed by atoms with Crippen LogP contribution in [-0.4, -0.2) is 0 Å². The van der Waals surface area contributed by atoms with E-state index in [0.717, 1.165) is 27.9 Å². The number of allylic oxidation sites excluding steroid dienone is 1. The zero-order valence-electron chi connectivity index (χ0n) is 9.05. The van der Waals surface area contributed by atoms with Crippen LogP contribution in [0.5, 0.6) is 0 Å². The normalized spacial score (nSPS) is 18.1. The minimum absolute atomic E-state index is 0.0408. The average molecular weight is 301 g/mol. The van der Waals surface area contributed by atoms with Crippen LogP contribution in [0.4, 0.5) is 0 Å². The van der Waals surface area contributed by atoms with Crippen LogP contribution in [0.15, 0.2) is 34.3 Å². The second-order valence-electron chi connectivity index (χ2n) is 4.17. The van der Waals surface area contributed by atoms with Gasteiger partial charge in [0.1, 0.15) is 0 Å². The molecule has 16 heavy (non-hydrogen) atoms. The minimum Gasteiger partial charge on any atom is -0.321 e.